The third-order valence-corrected chi connectivity index (χ3v) is 4.84. The fraction of sp³-hybridized carbons (Fsp3) is 0. The van der Waals surface area contributed by atoms with Crippen LogP contribution < -0.4 is 4.90 Å². The van der Waals surface area contributed by atoms with Crippen molar-refractivity contribution in [2.75, 3.05) is 4.90 Å². The average molecular weight is 359 g/mol. The molecule has 4 rings (SSSR count). The van der Waals surface area contributed by atoms with Gasteiger partial charge in [-0.1, -0.05) is 39.4 Å². The van der Waals surface area contributed by atoms with E-state index in [1.165, 1.54) is 11.3 Å². The van der Waals surface area contributed by atoms with Crippen molar-refractivity contribution in [1.82, 2.24) is 4.98 Å². The highest BCUT2D eigenvalue weighted by Crippen LogP contribution is 2.34. The summed E-state index contributed by atoms with van der Waals surface area (Å²) in [5.74, 6) is -0.642. The first-order valence-electron chi connectivity index (χ1n) is 6.19. The number of thiazole rings is 1. The maximum Gasteiger partial charge on any atom is 0.268 e. The maximum atomic E-state index is 12.5. The van der Waals surface area contributed by atoms with E-state index in [9.17, 15) is 9.59 Å². The van der Waals surface area contributed by atoms with Crippen molar-refractivity contribution in [2.24, 2.45) is 0 Å². The number of rotatable bonds is 1. The predicted octanol–water partition coefficient (Wildman–Crippen LogP) is 3.86. The molecule has 21 heavy (non-hydrogen) atoms. The van der Waals surface area contributed by atoms with E-state index in [0.717, 1.165) is 19.6 Å². The highest BCUT2D eigenvalue weighted by atomic mass is 79.9. The lowest BCUT2D eigenvalue weighted by Gasteiger charge is -2.08. The topological polar surface area (TPSA) is 50.3 Å². The third kappa shape index (κ3) is 1.83. The van der Waals surface area contributed by atoms with Crippen LogP contribution in [0.3, 0.4) is 0 Å². The summed E-state index contributed by atoms with van der Waals surface area (Å²) in [4.78, 5) is 30.5. The lowest BCUT2D eigenvalue weighted by Crippen LogP contribution is -2.29. The van der Waals surface area contributed by atoms with E-state index in [0.29, 0.717) is 16.3 Å². The van der Waals surface area contributed by atoms with Gasteiger partial charge >= 0.3 is 0 Å². The molecule has 0 bridgehead atoms. The van der Waals surface area contributed by atoms with Gasteiger partial charge in [0.05, 0.1) is 21.3 Å². The number of para-hydroxylation sites is 1. The molecule has 0 N–H and O–H groups in total. The number of imide groups is 1. The lowest BCUT2D eigenvalue weighted by molar-refractivity contribution is 0.0926. The average Bonchev–Trinajstić information content (AvgIpc) is 2.99. The van der Waals surface area contributed by atoms with Gasteiger partial charge in [0.15, 0.2) is 0 Å². The van der Waals surface area contributed by atoms with E-state index in [-0.39, 0.29) is 11.8 Å². The molecule has 6 heteroatoms. The molecule has 0 saturated heterocycles. The quantitative estimate of drug-likeness (QED) is 0.620. The molecule has 102 valence electrons. The van der Waals surface area contributed by atoms with Crippen LogP contribution in [0.1, 0.15) is 20.7 Å². The minimum absolute atomic E-state index is 0.318. The first-order chi connectivity index (χ1) is 10.1. The molecule has 2 aromatic carbocycles. The number of benzene rings is 2. The van der Waals surface area contributed by atoms with Crippen LogP contribution in [0.15, 0.2) is 46.9 Å². The SMILES string of the molecule is O=C1c2ccc(Br)cc2C(=O)N1c1nc2ccccc2s1. The molecule has 0 fully saturated rings. The number of aromatic nitrogens is 1. The summed E-state index contributed by atoms with van der Waals surface area (Å²) in [5, 5.41) is 0.415. The minimum atomic E-state index is -0.324. The second-order valence-corrected chi connectivity index (χ2v) is 6.52. The Morgan fingerprint density at radius 3 is 2.57 bits per heavy atom. The summed E-state index contributed by atoms with van der Waals surface area (Å²) in [6, 6.07) is 12.7. The largest absolute Gasteiger partial charge is 0.268 e. The minimum Gasteiger partial charge on any atom is -0.268 e. The molecule has 0 radical (unpaired) electrons. The van der Waals surface area contributed by atoms with Gasteiger partial charge in [-0.2, -0.15) is 0 Å². The molecule has 3 aromatic rings. The zero-order chi connectivity index (χ0) is 14.6. The van der Waals surface area contributed by atoms with E-state index >= 15 is 0 Å². The smallest absolute Gasteiger partial charge is 0.268 e. The van der Waals surface area contributed by atoms with Crippen molar-refractivity contribution in [1.29, 1.82) is 0 Å². The van der Waals surface area contributed by atoms with Gasteiger partial charge < -0.3 is 0 Å². The molecule has 0 unspecified atom stereocenters. The van der Waals surface area contributed by atoms with Gasteiger partial charge in [0, 0.05) is 4.47 Å². The second-order valence-electron chi connectivity index (χ2n) is 4.60. The van der Waals surface area contributed by atoms with Gasteiger partial charge in [0.25, 0.3) is 11.8 Å². The molecule has 0 aliphatic carbocycles. The molecule has 2 amide bonds. The van der Waals surface area contributed by atoms with Crippen molar-refractivity contribution in [3.63, 3.8) is 0 Å². The molecular weight excluding hydrogens is 352 g/mol. The number of fused-ring (bicyclic) bond motifs is 2. The maximum absolute atomic E-state index is 12.5. The molecule has 0 spiro atoms. The van der Waals surface area contributed by atoms with Gasteiger partial charge in [0.2, 0.25) is 5.13 Å². The zero-order valence-corrected chi connectivity index (χ0v) is 12.9. The predicted molar refractivity (Wildman–Crippen MR) is 84.9 cm³/mol. The highest BCUT2D eigenvalue weighted by molar-refractivity contribution is 9.10. The van der Waals surface area contributed by atoms with E-state index < -0.39 is 0 Å². The number of halogens is 1. The van der Waals surface area contributed by atoms with E-state index in [4.69, 9.17) is 0 Å². The molecule has 1 aromatic heterocycles. The Bertz CT molecular complexity index is 886. The zero-order valence-electron chi connectivity index (χ0n) is 10.5. The Morgan fingerprint density at radius 2 is 1.76 bits per heavy atom. The second kappa shape index (κ2) is 4.47. The molecular formula is C15H7BrN2O2S. The Kier molecular flexibility index (Phi) is 2.70. The van der Waals surface area contributed by atoms with Crippen molar-refractivity contribution >= 4 is 54.4 Å². The van der Waals surface area contributed by atoms with E-state index in [1.54, 1.807) is 18.2 Å². The highest BCUT2D eigenvalue weighted by Gasteiger charge is 2.38. The Balaban J connectivity index is 1.87. The number of hydrogen-bond acceptors (Lipinski definition) is 4. The number of carbonyl (C=O) groups excluding carboxylic acids is 2. The first-order valence-corrected chi connectivity index (χ1v) is 7.80. The van der Waals surface area contributed by atoms with Gasteiger partial charge in [0.1, 0.15) is 0 Å². The normalized spacial score (nSPS) is 14.0. The summed E-state index contributed by atoms with van der Waals surface area (Å²) < 4.78 is 1.72. The van der Waals surface area contributed by atoms with Crippen molar-refractivity contribution in [3.05, 3.63) is 58.1 Å². The number of carbonyl (C=O) groups is 2. The van der Waals surface area contributed by atoms with Crippen LogP contribution in [0.5, 0.6) is 0 Å². The van der Waals surface area contributed by atoms with Crippen LogP contribution in [0.4, 0.5) is 5.13 Å². The van der Waals surface area contributed by atoms with E-state index in [1.807, 2.05) is 24.3 Å². The van der Waals surface area contributed by atoms with Crippen LogP contribution in [-0.2, 0) is 0 Å². The van der Waals surface area contributed by atoms with Crippen molar-refractivity contribution in [2.45, 2.75) is 0 Å². The fourth-order valence-electron chi connectivity index (χ4n) is 2.34. The number of nitrogens with zero attached hydrogens (tertiary/aromatic N) is 2. The summed E-state index contributed by atoms with van der Waals surface area (Å²) in [6.45, 7) is 0. The molecule has 0 atom stereocenters. The molecule has 1 aliphatic heterocycles. The number of hydrogen-bond donors (Lipinski definition) is 0. The van der Waals surface area contributed by atoms with Gasteiger partial charge in [-0.3, -0.25) is 9.59 Å². The van der Waals surface area contributed by atoms with Crippen LogP contribution in [0.25, 0.3) is 10.2 Å². The fourth-order valence-corrected chi connectivity index (χ4v) is 3.67. The standard InChI is InChI=1S/C15H7BrN2O2S/c16-8-5-6-9-10(7-8)14(20)18(13(9)19)15-17-11-3-1-2-4-12(11)21-15/h1-7H. The number of amides is 2. The summed E-state index contributed by atoms with van der Waals surface area (Å²) >= 11 is 4.66. The Hall–Kier alpha value is -2.05. The van der Waals surface area contributed by atoms with Gasteiger partial charge in [-0.15, -0.1) is 0 Å². The summed E-state index contributed by atoms with van der Waals surface area (Å²) in [5.41, 5.74) is 1.62. The number of anilines is 1. The van der Waals surface area contributed by atoms with Crippen LogP contribution in [0.2, 0.25) is 0 Å². The first kappa shape index (κ1) is 12.7. The monoisotopic (exact) mass is 358 g/mol. The molecule has 2 heterocycles. The Labute approximate surface area is 132 Å². The van der Waals surface area contributed by atoms with Crippen LogP contribution in [-0.4, -0.2) is 16.8 Å². The Morgan fingerprint density at radius 1 is 1.00 bits per heavy atom. The molecule has 0 saturated carbocycles. The summed E-state index contributed by atoms with van der Waals surface area (Å²) in [6.07, 6.45) is 0. The van der Waals surface area contributed by atoms with Crippen LogP contribution >= 0.6 is 27.3 Å². The molecule has 4 nitrogen and oxygen atoms in total. The summed E-state index contributed by atoms with van der Waals surface area (Å²) in [7, 11) is 0. The molecule has 1 aliphatic rings. The van der Waals surface area contributed by atoms with Gasteiger partial charge in [-0.25, -0.2) is 9.88 Å². The lowest BCUT2D eigenvalue weighted by atomic mass is 10.1. The third-order valence-electron chi connectivity index (χ3n) is 3.32. The van der Waals surface area contributed by atoms with Gasteiger partial charge in [-0.05, 0) is 30.3 Å². The van der Waals surface area contributed by atoms with Crippen molar-refractivity contribution < 1.29 is 9.59 Å². The van der Waals surface area contributed by atoms with Crippen molar-refractivity contribution in [3.8, 4) is 0 Å². The van der Waals surface area contributed by atoms with E-state index in [2.05, 4.69) is 20.9 Å². The van der Waals surface area contributed by atoms with Crippen LogP contribution in [0, 0.1) is 0 Å².